The predicted octanol–water partition coefficient (Wildman–Crippen LogP) is 2.90. The number of amides is 1. The predicted molar refractivity (Wildman–Crippen MR) is 118 cm³/mol. The van der Waals surface area contributed by atoms with Gasteiger partial charge >= 0.3 is 0 Å². The molecule has 27 heavy (non-hydrogen) atoms. The van der Waals surface area contributed by atoms with Crippen molar-refractivity contribution < 1.29 is 13.9 Å². The van der Waals surface area contributed by atoms with Crippen LogP contribution in [-0.2, 0) is 22.7 Å². The number of carbonyl (C=O) groups excluding carboxylic acids is 1. The van der Waals surface area contributed by atoms with E-state index in [9.17, 15) is 9.18 Å². The van der Waals surface area contributed by atoms with E-state index in [1.54, 1.807) is 17.0 Å². The molecular weight excluding hydrogens is 462 g/mol. The molecule has 0 saturated carbocycles. The Labute approximate surface area is 179 Å². The van der Waals surface area contributed by atoms with Crippen LogP contribution in [0.15, 0.2) is 23.2 Å². The van der Waals surface area contributed by atoms with E-state index in [1.165, 1.54) is 13.2 Å². The zero-order chi connectivity index (χ0) is 19.7. The second-order valence-electron chi connectivity index (χ2n) is 7.18. The average molecular weight is 494 g/mol. The van der Waals surface area contributed by atoms with Gasteiger partial charge in [0.2, 0.25) is 5.91 Å². The third-order valence-corrected chi connectivity index (χ3v) is 3.41. The van der Waals surface area contributed by atoms with Gasteiger partial charge in [0.15, 0.2) is 5.96 Å². The molecule has 0 aliphatic heterocycles. The van der Waals surface area contributed by atoms with Crippen molar-refractivity contribution in [1.82, 2.24) is 15.5 Å². The highest BCUT2D eigenvalue weighted by Crippen LogP contribution is 2.12. The lowest BCUT2D eigenvalue weighted by Crippen LogP contribution is -2.48. The Balaban J connectivity index is 0.00000676. The standard InChI is InChI=1S/C19H31FN4O2.HI/c1-7-21-18(24(5)12-17(25)23-19(2,3)4)22-11-14-8-9-16(20)15(10-14)13-26-6;/h8-10H,7,11-13H2,1-6H3,(H,21,22)(H,23,25);1H. The van der Waals surface area contributed by atoms with Crippen LogP contribution in [0.2, 0.25) is 0 Å². The zero-order valence-electron chi connectivity index (χ0n) is 17.1. The number of hydrogen-bond donors (Lipinski definition) is 2. The van der Waals surface area contributed by atoms with Crippen LogP contribution in [0, 0.1) is 5.82 Å². The molecule has 1 aromatic rings. The van der Waals surface area contributed by atoms with Gasteiger partial charge in [-0.2, -0.15) is 0 Å². The summed E-state index contributed by atoms with van der Waals surface area (Å²) >= 11 is 0. The Kier molecular flexibility index (Phi) is 11.5. The molecule has 1 aromatic carbocycles. The van der Waals surface area contributed by atoms with E-state index in [2.05, 4.69) is 15.6 Å². The van der Waals surface area contributed by atoms with Gasteiger partial charge in [0.1, 0.15) is 5.82 Å². The molecular formula is C19H32FIN4O2. The molecule has 0 saturated heterocycles. The van der Waals surface area contributed by atoms with Gasteiger partial charge in [-0.05, 0) is 45.4 Å². The summed E-state index contributed by atoms with van der Waals surface area (Å²) in [5.74, 6) is 0.256. The van der Waals surface area contributed by atoms with Crippen molar-refractivity contribution in [2.24, 2.45) is 4.99 Å². The minimum Gasteiger partial charge on any atom is -0.380 e. The van der Waals surface area contributed by atoms with Crippen molar-refractivity contribution in [2.75, 3.05) is 27.2 Å². The molecule has 0 aromatic heterocycles. The largest absolute Gasteiger partial charge is 0.380 e. The number of rotatable bonds is 7. The lowest BCUT2D eigenvalue weighted by atomic mass is 10.1. The second kappa shape index (κ2) is 12.1. The van der Waals surface area contributed by atoms with Crippen molar-refractivity contribution in [2.45, 2.75) is 46.4 Å². The molecule has 0 radical (unpaired) electrons. The van der Waals surface area contributed by atoms with Gasteiger partial charge in [0.05, 0.1) is 19.7 Å². The van der Waals surface area contributed by atoms with E-state index in [1.807, 2.05) is 34.7 Å². The van der Waals surface area contributed by atoms with E-state index in [0.717, 1.165) is 5.56 Å². The lowest BCUT2D eigenvalue weighted by molar-refractivity contribution is -0.122. The summed E-state index contributed by atoms with van der Waals surface area (Å²) in [5, 5.41) is 6.10. The maximum Gasteiger partial charge on any atom is 0.240 e. The van der Waals surface area contributed by atoms with E-state index in [4.69, 9.17) is 4.74 Å². The number of guanidine groups is 1. The summed E-state index contributed by atoms with van der Waals surface area (Å²) in [6.07, 6.45) is 0. The molecule has 0 heterocycles. The van der Waals surface area contributed by atoms with Crippen molar-refractivity contribution in [3.05, 3.63) is 35.1 Å². The Bertz CT molecular complexity index is 633. The maximum atomic E-state index is 13.7. The molecule has 0 aliphatic rings. The van der Waals surface area contributed by atoms with Gasteiger partial charge in [-0.15, -0.1) is 24.0 Å². The SMILES string of the molecule is CCNC(=NCc1ccc(F)c(COC)c1)N(C)CC(=O)NC(C)(C)C.I. The molecule has 8 heteroatoms. The first-order chi connectivity index (χ1) is 12.2. The normalized spacial score (nSPS) is 11.6. The first-order valence-electron chi connectivity index (χ1n) is 8.73. The number of nitrogens with zero attached hydrogens (tertiary/aromatic N) is 2. The minimum absolute atomic E-state index is 0. The average Bonchev–Trinajstić information content (AvgIpc) is 2.52. The van der Waals surface area contributed by atoms with E-state index in [-0.39, 0.29) is 54.4 Å². The zero-order valence-corrected chi connectivity index (χ0v) is 19.4. The van der Waals surface area contributed by atoms with Crippen LogP contribution >= 0.6 is 24.0 Å². The van der Waals surface area contributed by atoms with Crippen LogP contribution < -0.4 is 10.6 Å². The molecule has 0 fully saturated rings. The molecule has 0 bridgehead atoms. The lowest BCUT2D eigenvalue weighted by Gasteiger charge is -2.25. The highest BCUT2D eigenvalue weighted by Gasteiger charge is 2.16. The second-order valence-corrected chi connectivity index (χ2v) is 7.18. The highest BCUT2D eigenvalue weighted by molar-refractivity contribution is 14.0. The first kappa shape index (κ1) is 25.6. The van der Waals surface area contributed by atoms with E-state index >= 15 is 0 Å². The minimum atomic E-state index is -0.289. The fourth-order valence-electron chi connectivity index (χ4n) is 2.38. The Morgan fingerprint density at radius 3 is 2.56 bits per heavy atom. The van der Waals surface area contributed by atoms with Gasteiger partial charge in [-0.1, -0.05) is 6.07 Å². The number of carbonyl (C=O) groups is 1. The molecule has 0 atom stereocenters. The molecule has 0 aliphatic carbocycles. The highest BCUT2D eigenvalue weighted by atomic mass is 127. The number of hydrogen-bond acceptors (Lipinski definition) is 3. The summed E-state index contributed by atoms with van der Waals surface area (Å²) in [6, 6.07) is 4.87. The summed E-state index contributed by atoms with van der Waals surface area (Å²) in [5.41, 5.74) is 1.10. The number of halogens is 2. The molecule has 154 valence electrons. The van der Waals surface area contributed by atoms with E-state index < -0.39 is 0 Å². The van der Waals surface area contributed by atoms with Crippen LogP contribution in [0.3, 0.4) is 0 Å². The maximum absolute atomic E-state index is 13.7. The Morgan fingerprint density at radius 2 is 2.00 bits per heavy atom. The molecule has 2 N–H and O–H groups in total. The summed E-state index contributed by atoms with van der Waals surface area (Å²) in [7, 11) is 3.34. The van der Waals surface area contributed by atoms with E-state index in [0.29, 0.717) is 24.6 Å². The third kappa shape index (κ3) is 9.90. The summed E-state index contributed by atoms with van der Waals surface area (Å²) in [4.78, 5) is 18.4. The van der Waals surface area contributed by atoms with Crippen molar-refractivity contribution >= 4 is 35.8 Å². The molecule has 6 nitrogen and oxygen atoms in total. The molecule has 0 spiro atoms. The van der Waals surface area contributed by atoms with Gasteiger partial charge in [-0.25, -0.2) is 9.38 Å². The molecule has 0 unspecified atom stereocenters. The van der Waals surface area contributed by atoms with Crippen molar-refractivity contribution in [3.8, 4) is 0 Å². The smallest absolute Gasteiger partial charge is 0.240 e. The van der Waals surface area contributed by atoms with Gasteiger partial charge in [-0.3, -0.25) is 4.79 Å². The van der Waals surface area contributed by atoms with Gasteiger partial charge in [0.25, 0.3) is 0 Å². The van der Waals surface area contributed by atoms with Gasteiger partial charge in [0, 0.05) is 31.8 Å². The third-order valence-electron chi connectivity index (χ3n) is 3.41. The number of methoxy groups -OCH3 is 1. The quantitative estimate of drug-likeness (QED) is 0.348. The summed E-state index contributed by atoms with van der Waals surface area (Å²) in [6.45, 7) is 9.26. The fourth-order valence-corrected chi connectivity index (χ4v) is 2.38. The number of benzene rings is 1. The number of nitrogens with one attached hydrogen (secondary N) is 2. The monoisotopic (exact) mass is 494 g/mol. The van der Waals surface area contributed by atoms with Crippen LogP contribution in [-0.4, -0.2) is 49.6 Å². The first-order valence-corrected chi connectivity index (χ1v) is 8.73. The van der Waals surface area contributed by atoms with Crippen LogP contribution in [0.1, 0.15) is 38.8 Å². The molecule has 1 amide bonds. The topological polar surface area (TPSA) is 66.0 Å². The summed E-state index contributed by atoms with van der Waals surface area (Å²) < 4.78 is 18.7. The number of likely N-dealkylation sites (N-methyl/N-ethyl adjacent to an activating group) is 1. The van der Waals surface area contributed by atoms with Crippen LogP contribution in [0.25, 0.3) is 0 Å². The van der Waals surface area contributed by atoms with Crippen LogP contribution in [0.4, 0.5) is 4.39 Å². The Hall–Kier alpha value is -1.42. The fraction of sp³-hybridized carbons (Fsp3) is 0.579. The van der Waals surface area contributed by atoms with Crippen LogP contribution in [0.5, 0.6) is 0 Å². The van der Waals surface area contributed by atoms with Crippen molar-refractivity contribution in [3.63, 3.8) is 0 Å². The Morgan fingerprint density at radius 1 is 1.33 bits per heavy atom. The van der Waals surface area contributed by atoms with Gasteiger partial charge < -0.3 is 20.3 Å². The number of aliphatic imine (C=N–C) groups is 1. The number of ether oxygens (including phenoxy) is 1. The molecule has 1 rings (SSSR count). The van der Waals surface area contributed by atoms with Crippen molar-refractivity contribution in [1.29, 1.82) is 0 Å².